The molecular formula is C48H28N2O2. The minimum Gasteiger partial charge on any atom is -0.456 e. The minimum atomic E-state index is 0.869. The first-order valence-corrected chi connectivity index (χ1v) is 17.7. The van der Waals surface area contributed by atoms with Gasteiger partial charge in [0.25, 0.3) is 0 Å². The predicted molar refractivity (Wildman–Crippen MR) is 215 cm³/mol. The molecule has 4 aromatic heterocycles. The number of para-hydroxylation sites is 4. The van der Waals surface area contributed by atoms with Crippen molar-refractivity contribution >= 4 is 87.5 Å². The van der Waals surface area contributed by atoms with Crippen LogP contribution >= 0.6 is 0 Å². The van der Waals surface area contributed by atoms with E-state index in [1.54, 1.807) is 0 Å². The first-order chi connectivity index (χ1) is 25.8. The molecule has 8 aromatic carbocycles. The number of aromatic nitrogens is 2. The summed E-state index contributed by atoms with van der Waals surface area (Å²) >= 11 is 0. The van der Waals surface area contributed by atoms with Crippen molar-refractivity contribution in [2.24, 2.45) is 0 Å². The van der Waals surface area contributed by atoms with Crippen LogP contribution in [0.5, 0.6) is 0 Å². The Morgan fingerprint density at radius 2 is 1.00 bits per heavy atom. The van der Waals surface area contributed by atoms with Gasteiger partial charge in [-0.25, -0.2) is 0 Å². The molecule has 0 unspecified atom stereocenters. The third kappa shape index (κ3) is 3.70. The summed E-state index contributed by atoms with van der Waals surface area (Å²) < 4.78 is 17.8. The third-order valence-corrected chi connectivity index (χ3v) is 10.9. The molecule has 0 bridgehead atoms. The van der Waals surface area contributed by atoms with Crippen molar-refractivity contribution in [3.05, 3.63) is 170 Å². The SMILES string of the molecule is c1ccc(-n2c3ccccc3c3cc(-c4cccc5oc6ccc(-n7c8ccccc8c8c9oc%10ccccc%10c9ccc87)cc6c45)ccc32)cc1. The number of fused-ring (bicyclic) bond motifs is 13. The Kier molecular flexibility index (Phi) is 5.47. The van der Waals surface area contributed by atoms with Crippen molar-refractivity contribution in [2.75, 3.05) is 0 Å². The maximum atomic E-state index is 6.56. The van der Waals surface area contributed by atoms with E-state index in [0.717, 1.165) is 82.8 Å². The van der Waals surface area contributed by atoms with Crippen LogP contribution in [0.15, 0.2) is 179 Å². The monoisotopic (exact) mass is 664 g/mol. The highest BCUT2D eigenvalue weighted by Crippen LogP contribution is 2.43. The van der Waals surface area contributed by atoms with Crippen molar-refractivity contribution < 1.29 is 8.83 Å². The van der Waals surface area contributed by atoms with Crippen LogP contribution in [0.25, 0.3) is 110 Å². The molecular weight excluding hydrogens is 637 g/mol. The van der Waals surface area contributed by atoms with Gasteiger partial charge >= 0.3 is 0 Å². The minimum absolute atomic E-state index is 0.869. The quantitative estimate of drug-likeness (QED) is 0.188. The molecule has 0 aliphatic heterocycles. The number of hydrogen-bond acceptors (Lipinski definition) is 2. The van der Waals surface area contributed by atoms with Gasteiger partial charge in [0.05, 0.1) is 27.5 Å². The first kappa shape index (κ1) is 27.7. The average molecular weight is 665 g/mol. The molecule has 4 heteroatoms. The van der Waals surface area contributed by atoms with Gasteiger partial charge < -0.3 is 18.0 Å². The predicted octanol–water partition coefficient (Wildman–Crippen LogP) is 13.3. The normalized spacial score (nSPS) is 12.2. The van der Waals surface area contributed by atoms with Gasteiger partial charge in [-0.15, -0.1) is 0 Å². The first-order valence-electron chi connectivity index (χ1n) is 17.7. The molecule has 0 N–H and O–H groups in total. The van der Waals surface area contributed by atoms with Crippen molar-refractivity contribution in [1.29, 1.82) is 0 Å². The highest BCUT2D eigenvalue weighted by molar-refractivity contribution is 6.24. The maximum absolute atomic E-state index is 6.56. The number of nitrogens with zero attached hydrogens (tertiary/aromatic N) is 2. The lowest BCUT2D eigenvalue weighted by atomic mass is 9.97. The number of rotatable bonds is 3. The van der Waals surface area contributed by atoms with E-state index in [1.807, 2.05) is 6.07 Å². The zero-order valence-electron chi connectivity index (χ0n) is 27.9. The molecule has 12 aromatic rings. The standard InChI is InChI=1S/C48H28N2O2/c1-2-11-30(12-3-1)49-39-17-7-4-13-33(39)37-27-29(21-24-41(37)49)32-16-10-20-45-46(32)38-28-31(22-26-44(38)51-45)50-40-18-8-5-15-36(40)47-42(50)25-23-35-34-14-6-9-19-43(34)52-48(35)47/h1-28H. The smallest absolute Gasteiger partial charge is 0.145 e. The molecule has 4 nitrogen and oxygen atoms in total. The van der Waals surface area contributed by atoms with E-state index >= 15 is 0 Å². The number of furan rings is 2. The fraction of sp³-hybridized carbons (Fsp3) is 0. The molecule has 0 spiro atoms. The summed E-state index contributed by atoms with van der Waals surface area (Å²) in [7, 11) is 0. The third-order valence-electron chi connectivity index (χ3n) is 10.9. The molecule has 0 fully saturated rings. The van der Waals surface area contributed by atoms with Gasteiger partial charge in [0.1, 0.15) is 22.3 Å². The van der Waals surface area contributed by atoms with E-state index in [0.29, 0.717) is 0 Å². The van der Waals surface area contributed by atoms with Gasteiger partial charge in [0.2, 0.25) is 0 Å². The highest BCUT2D eigenvalue weighted by atomic mass is 16.3. The van der Waals surface area contributed by atoms with E-state index in [9.17, 15) is 0 Å². The molecule has 0 atom stereocenters. The van der Waals surface area contributed by atoms with Crippen LogP contribution in [0.4, 0.5) is 0 Å². The summed E-state index contributed by atoms with van der Waals surface area (Å²) in [6.07, 6.45) is 0. The van der Waals surface area contributed by atoms with Crippen LogP contribution in [0.2, 0.25) is 0 Å². The number of hydrogen-bond donors (Lipinski definition) is 0. The lowest BCUT2D eigenvalue weighted by Gasteiger charge is -2.09. The van der Waals surface area contributed by atoms with Crippen molar-refractivity contribution in [3.63, 3.8) is 0 Å². The Hall–Kier alpha value is -7.04. The zero-order chi connectivity index (χ0) is 33.9. The van der Waals surface area contributed by atoms with Crippen molar-refractivity contribution in [2.45, 2.75) is 0 Å². The van der Waals surface area contributed by atoms with Crippen LogP contribution in [0.1, 0.15) is 0 Å². The summed E-state index contributed by atoms with van der Waals surface area (Å²) in [5.74, 6) is 0. The van der Waals surface area contributed by atoms with Gasteiger partial charge in [0.15, 0.2) is 0 Å². The van der Waals surface area contributed by atoms with Crippen LogP contribution in [0.3, 0.4) is 0 Å². The topological polar surface area (TPSA) is 36.1 Å². The lowest BCUT2D eigenvalue weighted by Crippen LogP contribution is -1.93. The van der Waals surface area contributed by atoms with Gasteiger partial charge in [-0.2, -0.15) is 0 Å². The second kappa shape index (κ2) is 10.3. The molecule has 0 aliphatic rings. The summed E-state index contributed by atoms with van der Waals surface area (Å²) in [6, 6.07) is 60.5. The Balaban J connectivity index is 1.10. The van der Waals surface area contributed by atoms with Gasteiger partial charge in [-0.1, -0.05) is 91.0 Å². The average Bonchev–Trinajstić information content (AvgIpc) is 3.95. The Bertz CT molecular complexity index is 3410. The largest absolute Gasteiger partial charge is 0.456 e. The highest BCUT2D eigenvalue weighted by Gasteiger charge is 2.21. The van der Waals surface area contributed by atoms with Crippen LogP contribution < -0.4 is 0 Å². The molecule has 52 heavy (non-hydrogen) atoms. The molecule has 0 saturated carbocycles. The Morgan fingerprint density at radius 3 is 1.88 bits per heavy atom. The number of benzene rings is 8. The van der Waals surface area contributed by atoms with Gasteiger partial charge in [-0.3, -0.25) is 0 Å². The van der Waals surface area contributed by atoms with Gasteiger partial charge in [-0.05, 0) is 90.0 Å². The van der Waals surface area contributed by atoms with E-state index in [1.165, 1.54) is 27.2 Å². The van der Waals surface area contributed by atoms with Crippen LogP contribution in [0, 0.1) is 0 Å². The summed E-state index contributed by atoms with van der Waals surface area (Å²) in [4.78, 5) is 0. The van der Waals surface area contributed by atoms with Crippen LogP contribution in [-0.2, 0) is 0 Å². The van der Waals surface area contributed by atoms with Crippen molar-refractivity contribution in [1.82, 2.24) is 9.13 Å². The zero-order valence-corrected chi connectivity index (χ0v) is 27.9. The Morgan fingerprint density at radius 1 is 0.327 bits per heavy atom. The summed E-state index contributed by atoms with van der Waals surface area (Å²) in [5, 5.41) is 9.24. The second-order valence-electron chi connectivity index (χ2n) is 13.7. The molecule has 12 rings (SSSR count). The fourth-order valence-corrected chi connectivity index (χ4v) is 8.70. The second-order valence-corrected chi connectivity index (χ2v) is 13.7. The molecule has 0 saturated heterocycles. The van der Waals surface area contributed by atoms with E-state index in [-0.39, 0.29) is 0 Å². The summed E-state index contributed by atoms with van der Waals surface area (Å²) in [5.41, 5.74) is 12.8. The molecule has 242 valence electrons. The maximum Gasteiger partial charge on any atom is 0.145 e. The Labute approximate surface area is 296 Å². The molecule has 0 amide bonds. The van der Waals surface area contributed by atoms with Gasteiger partial charge in [0, 0.05) is 49.1 Å². The van der Waals surface area contributed by atoms with E-state index in [2.05, 4.69) is 173 Å². The van der Waals surface area contributed by atoms with Crippen molar-refractivity contribution in [3.8, 4) is 22.5 Å². The molecule has 0 aliphatic carbocycles. The summed E-state index contributed by atoms with van der Waals surface area (Å²) in [6.45, 7) is 0. The lowest BCUT2D eigenvalue weighted by molar-refractivity contribution is 0.669. The molecule has 0 radical (unpaired) electrons. The van der Waals surface area contributed by atoms with Crippen LogP contribution in [-0.4, -0.2) is 9.13 Å². The van der Waals surface area contributed by atoms with E-state index in [4.69, 9.17) is 8.83 Å². The molecule has 4 heterocycles. The fourth-order valence-electron chi connectivity index (χ4n) is 8.70. The van der Waals surface area contributed by atoms with E-state index < -0.39 is 0 Å².